The fraction of sp³-hybridized carbons (Fsp3) is 0.611. The van der Waals surface area contributed by atoms with Gasteiger partial charge in [0.1, 0.15) is 11.6 Å². The predicted octanol–water partition coefficient (Wildman–Crippen LogP) is 2.74. The summed E-state index contributed by atoms with van der Waals surface area (Å²) in [6.07, 6.45) is 1.08. The summed E-state index contributed by atoms with van der Waals surface area (Å²) < 4.78 is 30.1. The molecule has 1 aromatic carbocycles. The molecule has 1 saturated heterocycles. The lowest BCUT2D eigenvalue weighted by Gasteiger charge is -2.25. The highest BCUT2D eigenvalue weighted by Gasteiger charge is 2.20. The van der Waals surface area contributed by atoms with Gasteiger partial charge >= 0.3 is 0 Å². The van der Waals surface area contributed by atoms with E-state index >= 15 is 0 Å². The number of nitrogens with zero attached hydrogens (tertiary/aromatic N) is 2. The SMILES string of the molecule is CCNC(=NCc1cc(F)cc2c1OCOC2)N(C)CC1CCOC1.I. The topological polar surface area (TPSA) is 55.3 Å². The third kappa shape index (κ3) is 5.43. The molecule has 1 fully saturated rings. The van der Waals surface area contributed by atoms with Gasteiger partial charge in [-0.1, -0.05) is 0 Å². The summed E-state index contributed by atoms with van der Waals surface area (Å²) in [5.41, 5.74) is 1.48. The fourth-order valence-electron chi connectivity index (χ4n) is 3.20. The van der Waals surface area contributed by atoms with Gasteiger partial charge in [-0.2, -0.15) is 0 Å². The molecule has 0 spiro atoms. The van der Waals surface area contributed by atoms with Crippen LogP contribution in [0.5, 0.6) is 5.75 Å². The molecule has 2 aliphatic rings. The molecule has 1 atom stereocenters. The number of ether oxygens (including phenoxy) is 3. The van der Waals surface area contributed by atoms with E-state index in [1.165, 1.54) is 12.1 Å². The molecular weight excluding hydrogens is 452 g/mol. The van der Waals surface area contributed by atoms with Crippen LogP contribution in [0.25, 0.3) is 0 Å². The molecule has 1 N–H and O–H groups in total. The molecule has 26 heavy (non-hydrogen) atoms. The predicted molar refractivity (Wildman–Crippen MR) is 108 cm³/mol. The lowest BCUT2D eigenvalue weighted by Crippen LogP contribution is -2.41. The number of hydrogen-bond donors (Lipinski definition) is 1. The maximum atomic E-state index is 13.9. The number of nitrogens with one attached hydrogen (secondary N) is 1. The van der Waals surface area contributed by atoms with Crippen molar-refractivity contribution in [2.75, 3.05) is 40.1 Å². The molecule has 2 heterocycles. The molecule has 1 unspecified atom stereocenters. The normalized spacial score (nSPS) is 19.3. The molecule has 0 amide bonds. The summed E-state index contributed by atoms with van der Waals surface area (Å²) in [6.45, 7) is 6.24. The smallest absolute Gasteiger partial charge is 0.193 e. The molecule has 2 aliphatic heterocycles. The van der Waals surface area contributed by atoms with Crippen LogP contribution in [0.4, 0.5) is 4.39 Å². The van der Waals surface area contributed by atoms with E-state index in [0.29, 0.717) is 24.8 Å². The Kier molecular flexibility index (Phi) is 8.36. The van der Waals surface area contributed by atoms with Gasteiger partial charge in [0.2, 0.25) is 0 Å². The van der Waals surface area contributed by atoms with E-state index in [4.69, 9.17) is 14.2 Å². The molecule has 0 bridgehead atoms. The summed E-state index contributed by atoms with van der Waals surface area (Å²) in [4.78, 5) is 6.79. The number of fused-ring (bicyclic) bond motifs is 1. The number of guanidine groups is 1. The van der Waals surface area contributed by atoms with Crippen molar-refractivity contribution in [1.29, 1.82) is 0 Å². The van der Waals surface area contributed by atoms with Crippen LogP contribution in [-0.4, -0.2) is 51.0 Å². The van der Waals surface area contributed by atoms with E-state index in [9.17, 15) is 4.39 Å². The van der Waals surface area contributed by atoms with Crippen molar-refractivity contribution >= 4 is 29.9 Å². The van der Waals surface area contributed by atoms with E-state index in [2.05, 4.69) is 15.2 Å². The van der Waals surface area contributed by atoms with Gasteiger partial charge in [0.25, 0.3) is 0 Å². The van der Waals surface area contributed by atoms with E-state index < -0.39 is 0 Å². The van der Waals surface area contributed by atoms with Crippen LogP contribution in [-0.2, 0) is 22.6 Å². The molecule has 0 saturated carbocycles. The Balaban J connectivity index is 0.00000243. The van der Waals surface area contributed by atoms with Crippen LogP contribution in [0.1, 0.15) is 24.5 Å². The van der Waals surface area contributed by atoms with Crippen molar-refractivity contribution in [3.8, 4) is 5.75 Å². The summed E-state index contributed by atoms with van der Waals surface area (Å²) >= 11 is 0. The Bertz CT molecular complexity index is 624. The Morgan fingerprint density at radius 3 is 2.96 bits per heavy atom. The summed E-state index contributed by atoms with van der Waals surface area (Å²) in [6, 6.07) is 2.95. The van der Waals surface area contributed by atoms with E-state index in [1.54, 1.807) is 0 Å². The molecule has 1 aromatic rings. The molecule has 0 aromatic heterocycles. The monoisotopic (exact) mass is 479 g/mol. The molecule has 146 valence electrons. The number of halogens is 2. The Morgan fingerprint density at radius 1 is 1.38 bits per heavy atom. The third-order valence-electron chi connectivity index (χ3n) is 4.40. The van der Waals surface area contributed by atoms with Crippen molar-refractivity contribution < 1.29 is 18.6 Å². The second kappa shape index (κ2) is 10.3. The molecule has 0 aliphatic carbocycles. The molecular formula is C18H27FIN3O3. The zero-order chi connectivity index (χ0) is 17.6. The maximum absolute atomic E-state index is 13.9. The van der Waals surface area contributed by atoms with E-state index in [0.717, 1.165) is 49.8 Å². The van der Waals surface area contributed by atoms with Crippen molar-refractivity contribution in [1.82, 2.24) is 10.2 Å². The summed E-state index contributed by atoms with van der Waals surface area (Å²) in [5.74, 6) is 1.73. The van der Waals surface area contributed by atoms with Crippen LogP contribution >= 0.6 is 24.0 Å². The molecule has 3 rings (SSSR count). The minimum Gasteiger partial charge on any atom is -0.467 e. The largest absolute Gasteiger partial charge is 0.467 e. The number of rotatable bonds is 5. The minimum atomic E-state index is -0.292. The van der Waals surface area contributed by atoms with Gasteiger partial charge < -0.3 is 24.4 Å². The van der Waals surface area contributed by atoms with Gasteiger partial charge in [0.15, 0.2) is 12.8 Å². The van der Waals surface area contributed by atoms with Crippen LogP contribution < -0.4 is 10.1 Å². The highest BCUT2D eigenvalue weighted by Crippen LogP contribution is 2.30. The molecule has 0 radical (unpaired) electrons. The van der Waals surface area contributed by atoms with E-state index in [1.807, 2.05) is 14.0 Å². The van der Waals surface area contributed by atoms with Gasteiger partial charge in [-0.3, -0.25) is 0 Å². The van der Waals surface area contributed by atoms with Gasteiger partial charge in [0, 0.05) is 43.8 Å². The Morgan fingerprint density at radius 2 is 2.23 bits per heavy atom. The van der Waals surface area contributed by atoms with Gasteiger partial charge in [-0.05, 0) is 25.5 Å². The number of hydrogen-bond acceptors (Lipinski definition) is 4. The molecule has 6 nitrogen and oxygen atoms in total. The van der Waals surface area contributed by atoms with Gasteiger partial charge in [-0.15, -0.1) is 24.0 Å². The summed E-state index contributed by atoms with van der Waals surface area (Å²) in [5, 5.41) is 3.30. The minimum absolute atomic E-state index is 0. The summed E-state index contributed by atoms with van der Waals surface area (Å²) in [7, 11) is 2.02. The first-order valence-corrected chi connectivity index (χ1v) is 8.76. The van der Waals surface area contributed by atoms with Crippen LogP contribution in [0, 0.1) is 11.7 Å². The van der Waals surface area contributed by atoms with Crippen molar-refractivity contribution in [3.05, 3.63) is 29.1 Å². The zero-order valence-electron chi connectivity index (χ0n) is 15.3. The molecule has 8 heteroatoms. The number of aliphatic imine (C=N–C) groups is 1. The Hall–Kier alpha value is -1.13. The highest BCUT2D eigenvalue weighted by atomic mass is 127. The zero-order valence-corrected chi connectivity index (χ0v) is 17.6. The second-order valence-corrected chi connectivity index (χ2v) is 6.44. The first-order chi connectivity index (χ1) is 12.2. The Labute approximate surface area is 171 Å². The van der Waals surface area contributed by atoms with Gasteiger partial charge in [-0.25, -0.2) is 9.38 Å². The average molecular weight is 479 g/mol. The maximum Gasteiger partial charge on any atom is 0.193 e. The first kappa shape index (κ1) is 21.2. The lowest BCUT2D eigenvalue weighted by molar-refractivity contribution is -0.0172. The van der Waals surface area contributed by atoms with Gasteiger partial charge in [0.05, 0.1) is 19.8 Å². The van der Waals surface area contributed by atoms with E-state index in [-0.39, 0.29) is 36.6 Å². The van der Waals surface area contributed by atoms with Crippen molar-refractivity contribution in [2.24, 2.45) is 10.9 Å². The fourth-order valence-corrected chi connectivity index (χ4v) is 3.20. The van der Waals surface area contributed by atoms with Crippen LogP contribution in [0.3, 0.4) is 0 Å². The quantitative estimate of drug-likeness (QED) is 0.400. The van der Waals surface area contributed by atoms with Crippen LogP contribution in [0.15, 0.2) is 17.1 Å². The first-order valence-electron chi connectivity index (χ1n) is 8.76. The number of benzene rings is 1. The van der Waals surface area contributed by atoms with Crippen molar-refractivity contribution in [2.45, 2.75) is 26.5 Å². The lowest BCUT2D eigenvalue weighted by atomic mass is 10.1. The van der Waals surface area contributed by atoms with Crippen molar-refractivity contribution in [3.63, 3.8) is 0 Å². The van der Waals surface area contributed by atoms with Crippen LogP contribution in [0.2, 0.25) is 0 Å². The standard InChI is InChI=1S/C18H26FN3O3.HI/c1-3-20-18(22(2)9-13-4-5-23-10-13)21-8-14-6-16(19)7-15-11-24-12-25-17(14)15;/h6-7,13H,3-5,8-12H2,1-2H3,(H,20,21);1H. The average Bonchev–Trinajstić information content (AvgIpc) is 3.11. The highest BCUT2D eigenvalue weighted by molar-refractivity contribution is 14.0. The second-order valence-electron chi connectivity index (χ2n) is 6.44. The third-order valence-corrected chi connectivity index (χ3v) is 4.40.